The number of allylic oxidation sites excluding steroid dienone is 2. The molecule has 0 aromatic heterocycles. The molecule has 1 nitrogen and oxygen atoms in total. The summed E-state index contributed by atoms with van der Waals surface area (Å²) in [6, 6.07) is 0. The Morgan fingerprint density at radius 2 is 2.38 bits per heavy atom. The van der Waals surface area contributed by atoms with Gasteiger partial charge in [-0.1, -0.05) is 6.58 Å². The van der Waals surface area contributed by atoms with E-state index in [9.17, 15) is 4.39 Å². The third-order valence-corrected chi connectivity index (χ3v) is 0.663. The first kappa shape index (κ1) is 7.37. The van der Waals surface area contributed by atoms with Crippen molar-refractivity contribution in [3.8, 4) is 0 Å². The van der Waals surface area contributed by atoms with Crippen LogP contribution in [0.15, 0.2) is 24.6 Å². The Bertz CT molecular complexity index is 96.7. The predicted molar refractivity (Wildman–Crippen MR) is 31.1 cm³/mol. The minimum absolute atomic E-state index is 0.0126. The topological polar surface area (TPSA) is 20.2 Å². The van der Waals surface area contributed by atoms with Crippen LogP contribution >= 0.6 is 0 Å². The van der Waals surface area contributed by atoms with Gasteiger partial charge in [-0.2, -0.15) is 0 Å². The molecule has 0 heterocycles. The van der Waals surface area contributed by atoms with Gasteiger partial charge in [0.2, 0.25) is 0 Å². The molecular weight excluding hydrogens is 107 g/mol. The third kappa shape index (κ3) is 3.56. The molecule has 0 unspecified atom stereocenters. The Kier molecular flexibility index (Phi) is 4.17. The van der Waals surface area contributed by atoms with Crippen LogP contribution in [0, 0.1) is 0 Å². The third-order valence-electron chi connectivity index (χ3n) is 0.663. The predicted octanol–water partition coefficient (Wildman–Crippen LogP) is 1.41. The standard InChI is InChI=1S/C6H9FO/c1-2-6(7)4-3-5-8/h2,4,8H,1,3,5H2/b6-4+. The van der Waals surface area contributed by atoms with Gasteiger partial charge in [-0.3, -0.25) is 0 Å². The summed E-state index contributed by atoms with van der Waals surface area (Å²) in [5.41, 5.74) is 0. The van der Waals surface area contributed by atoms with Crippen molar-refractivity contribution < 1.29 is 9.50 Å². The van der Waals surface area contributed by atoms with E-state index in [0.717, 1.165) is 6.08 Å². The highest BCUT2D eigenvalue weighted by atomic mass is 19.1. The fourth-order valence-electron chi connectivity index (χ4n) is 0.286. The Balaban J connectivity index is 3.40. The molecule has 46 valence electrons. The van der Waals surface area contributed by atoms with Crippen LogP contribution in [-0.2, 0) is 0 Å². The highest BCUT2D eigenvalue weighted by Crippen LogP contribution is 1.96. The molecule has 0 atom stereocenters. The first-order valence-electron chi connectivity index (χ1n) is 2.40. The summed E-state index contributed by atoms with van der Waals surface area (Å²) in [6.45, 7) is 3.18. The molecule has 2 heteroatoms. The summed E-state index contributed by atoms with van der Waals surface area (Å²) in [6.07, 6.45) is 2.75. The molecule has 0 rings (SSSR count). The van der Waals surface area contributed by atoms with E-state index in [-0.39, 0.29) is 12.4 Å². The summed E-state index contributed by atoms with van der Waals surface area (Å²) in [7, 11) is 0. The number of halogens is 1. The second-order valence-corrected chi connectivity index (χ2v) is 1.31. The van der Waals surface area contributed by atoms with Crippen molar-refractivity contribution in [3.63, 3.8) is 0 Å². The molecule has 0 spiro atoms. The van der Waals surface area contributed by atoms with Crippen LogP contribution in [0.2, 0.25) is 0 Å². The minimum atomic E-state index is -0.376. The van der Waals surface area contributed by atoms with E-state index in [1.807, 2.05) is 0 Å². The first-order chi connectivity index (χ1) is 3.81. The summed E-state index contributed by atoms with van der Waals surface area (Å²) in [4.78, 5) is 0. The zero-order valence-electron chi connectivity index (χ0n) is 4.60. The molecule has 1 N–H and O–H groups in total. The van der Waals surface area contributed by atoms with E-state index in [1.54, 1.807) is 0 Å². The van der Waals surface area contributed by atoms with Gasteiger partial charge in [-0.15, -0.1) is 0 Å². The number of hydrogen-bond acceptors (Lipinski definition) is 1. The maximum atomic E-state index is 12.0. The molecule has 0 bridgehead atoms. The monoisotopic (exact) mass is 116 g/mol. The highest BCUT2D eigenvalue weighted by Gasteiger charge is 1.81. The average molecular weight is 116 g/mol. The molecule has 8 heavy (non-hydrogen) atoms. The van der Waals surface area contributed by atoms with E-state index in [4.69, 9.17) is 5.11 Å². The van der Waals surface area contributed by atoms with Crippen LogP contribution in [0.4, 0.5) is 4.39 Å². The largest absolute Gasteiger partial charge is 0.396 e. The van der Waals surface area contributed by atoms with Crippen LogP contribution in [-0.4, -0.2) is 11.7 Å². The molecule has 0 fully saturated rings. The zero-order valence-corrected chi connectivity index (χ0v) is 4.60. The first-order valence-corrected chi connectivity index (χ1v) is 2.40. The van der Waals surface area contributed by atoms with Gasteiger partial charge in [0.05, 0.1) is 0 Å². The van der Waals surface area contributed by atoms with E-state index >= 15 is 0 Å². The summed E-state index contributed by atoms with van der Waals surface area (Å²) in [5.74, 6) is -0.376. The fraction of sp³-hybridized carbons (Fsp3) is 0.333. The molecule has 0 aromatic rings. The molecule has 0 aliphatic carbocycles. The van der Waals surface area contributed by atoms with Gasteiger partial charge in [0, 0.05) is 6.61 Å². The molecule has 0 saturated carbocycles. The molecule has 0 saturated heterocycles. The van der Waals surface area contributed by atoms with Gasteiger partial charge in [0.25, 0.3) is 0 Å². The Hall–Kier alpha value is -0.630. The van der Waals surface area contributed by atoms with Gasteiger partial charge in [0.15, 0.2) is 0 Å². The maximum absolute atomic E-state index is 12.0. The lowest BCUT2D eigenvalue weighted by molar-refractivity contribution is 0.302. The van der Waals surface area contributed by atoms with E-state index in [0.29, 0.717) is 6.42 Å². The fourth-order valence-corrected chi connectivity index (χ4v) is 0.286. The lowest BCUT2D eigenvalue weighted by Gasteiger charge is -1.83. The van der Waals surface area contributed by atoms with Crippen LogP contribution in [0.5, 0.6) is 0 Å². The van der Waals surface area contributed by atoms with Crippen molar-refractivity contribution in [1.82, 2.24) is 0 Å². The lowest BCUT2D eigenvalue weighted by Crippen LogP contribution is -1.76. The number of aliphatic hydroxyl groups is 1. The summed E-state index contributed by atoms with van der Waals surface area (Å²) < 4.78 is 12.0. The number of aliphatic hydroxyl groups excluding tert-OH is 1. The van der Waals surface area contributed by atoms with Crippen molar-refractivity contribution in [2.45, 2.75) is 6.42 Å². The van der Waals surface area contributed by atoms with Crippen LogP contribution in [0.25, 0.3) is 0 Å². The van der Waals surface area contributed by atoms with Crippen LogP contribution in [0.3, 0.4) is 0 Å². The molecule has 0 amide bonds. The highest BCUT2D eigenvalue weighted by molar-refractivity contribution is 5.06. The Labute approximate surface area is 48.1 Å². The number of rotatable bonds is 3. The van der Waals surface area contributed by atoms with E-state index < -0.39 is 0 Å². The van der Waals surface area contributed by atoms with E-state index in [1.165, 1.54) is 6.08 Å². The van der Waals surface area contributed by atoms with Gasteiger partial charge in [-0.05, 0) is 18.6 Å². The smallest absolute Gasteiger partial charge is 0.118 e. The normalized spacial score (nSPS) is 11.5. The molecule has 0 aliphatic rings. The van der Waals surface area contributed by atoms with E-state index in [2.05, 4.69) is 6.58 Å². The maximum Gasteiger partial charge on any atom is 0.118 e. The van der Waals surface area contributed by atoms with Gasteiger partial charge in [0.1, 0.15) is 5.83 Å². The van der Waals surface area contributed by atoms with Crippen molar-refractivity contribution in [2.75, 3.05) is 6.61 Å². The SMILES string of the molecule is C=C/C(F)=C\CCO. The lowest BCUT2D eigenvalue weighted by atomic mass is 10.4. The molecular formula is C6H9FO. The van der Waals surface area contributed by atoms with Crippen LogP contribution in [0.1, 0.15) is 6.42 Å². The van der Waals surface area contributed by atoms with Crippen molar-refractivity contribution in [2.24, 2.45) is 0 Å². The van der Waals surface area contributed by atoms with Gasteiger partial charge in [-0.25, -0.2) is 4.39 Å². The summed E-state index contributed by atoms with van der Waals surface area (Å²) >= 11 is 0. The minimum Gasteiger partial charge on any atom is -0.396 e. The van der Waals surface area contributed by atoms with Gasteiger partial charge < -0.3 is 5.11 Å². The second-order valence-electron chi connectivity index (χ2n) is 1.31. The Morgan fingerprint density at radius 3 is 2.75 bits per heavy atom. The van der Waals surface area contributed by atoms with Crippen molar-refractivity contribution in [3.05, 3.63) is 24.6 Å². The Morgan fingerprint density at radius 1 is 1.75 bits per heavy atom. The zero-order chi connectivity index (χ0) is 6.41. The average Bonchev–Trinajstić information content (AvgIpc) is 1.83. The second kappa shape index (κ2) is 4.53. The van der Waals surface area contributed by atoms with Crippen LogP contribution < -0.4 is 0 Å². The van der Waals surface area contributed by atoms with Crippen molar-refractivity contribution >= 4 is 0 Å². The molecule has 0 aliphatic heterocycles. The van der Waals surface area contributed by atoms with Crippen molar-refractivity contribution in [1.29, 1.82) is 0 Å². The molecule has 0 aromatic carbocycles. The molecule has 0 radical (unpaired) electrons. The van der Waals surface area contributed by atoms with Gasteiger partial charge >= 0.3 is 0 Å². The summed E-state index contributed by atoms with van der Waals surface area (Å²) in [5, 5.41) is 8.17. The quantitative estimate of drug-likeness (QED) is 0.553. The number of hydrogen-bond donors (Lipinski definition) is 1.